The van der Waals surface area contributed by atoms with Gasteiger partial charge in [0.05, 0.1) is 13.2 Å². The minimum Gasteiger partial charge on any atom is -0.383 e. The summed E-state index contributed by atoms with van der Waals surface area (Å²) in [6.07, 6.45) is 1.97. The van der Waals surface area contributed by atoms with Gasteiger partial charge in [-0.3, -0.25) is 14.6 Å². The lowest BCUT2D eigenvalue weighted by Crippen LogP contribution is -2.58. The highest BCUT2D eigenvalue weighted by Gasteiger charge is 2.57. The third-order valence-corrected chi connectivity index (χ3v) is 6.26. The van der Waals surface area contributed by atoms with E-state index in [9.17, 15) is 9.59 Å². The Labute approximate surface area is 173 Å². The number of ether oxygens (including phenoxy) is 2. The molecule has 1 aromatic rings. The summed E-state index contributed by atoms with van der Waals surface area (Å²) in [4.78, 5) is 32.2. The Kier molecular flexibility index (Phi) is 7.27. The van der Waals surface area contributed by atoms with Gasteiger partial charge in [0.1, 0.15) is 5.54 Å². The Morgan fingerprint density at radius 3 is 2.34 bits per heavy atom. The SMILES string of the molecule is COCCN1C(=O)N(CCc2ccccc2)C(=O)C12CCN([C@@H](C)COC)CC2. The molecule has 0 saturated carbocycles. The van der Waals surface area contributed by atoms with E-state index in [1.54, 1.807) is 19.1 Å². The van der Waals surface area contributed by atoms with Crippen LogP contribution in [-0.2, 0) is 20.7 Å². The molecule has 7 heteroatoms. The smallest absolute Gasteiger partial charge is 0.327 e. The molecular weight excluding hydrogens is 370 g/mol. The lowest BCUT2D eigenvalue weighted by Gasteiger charge is -2.43. The Balaban J connectivity index is 1.74. The van der Waals surface area contributed by atoms with Crippen LogP contribution in [0.1, 0.15) is 25.3 Å². The van der Waals surface area contributed by atoms with Crippen LogP contribution in [-0.4, -0.2) is 91.8 Å². The maximum absolute atomic E-state index is 13.5. The largest absolute Gasteiger partial charge is 0.383 e. The molecule has 1 spiro atoms. The van der Waals surface area contributed by atoms with Gasteiger partial charge >= 0.3 is 6.03 Å². The lowest BCUT2D eigenvalue weighted by molar-refractivity contribution is -0.136. The summed E-state index contributed by atoms with van der Waals surface area (Å²) >= 11 is 0. The topological polar surface area (TPSA) is 62.3 Å². The molecule has 1 aromatic carbocycles. The Hall–Kier alpha value is -1.96. The van der Waals surface area contributed by atoms with Gasteiger partial charge in [0.15, 0.2) is 0 Å². The predicted octanol–water partition coefficient (Wildman–Crippen LogP) is 2.01. The van der Waals surface area contributed by atoms with E-state index in [1.165, 1.54) is 4.90 Å². The average Bonchev–Trinajstić information content (AvgIpc) is 2.92. The van der Waals surface area contributed by atoms with E-state index < -0.39 is 5.54 Å². The van der Waals surface area contributed by atoms with Crippen molar-refractivity contribution in [3.05, 3.63) is 35.9 Å². The second-order valence-corrected chi connectivity index (χ2v) is 7.99. The molecule has 2 aliphatic rings. The average molecular weight is 404 g/mol. The molecule has 3 amide bonds. The number of methoxy groups -OCH3 is 2. The van der Waals surface area contributed by atoms with Gasteiger partial charge in [-0.05, 0) is 31.7 Å². The van der Waals surface area contributed by atoms with Gasteiger partial charge in [-0.1, -0.05) is 30.3 Å². The molecule has 0 aliphatic carbocycles. The summed E-state index contributed by atoms with van der Waals surface area (Å²) in [5.41, 5.74) is 0.385. The van der Waals surface area contributed by atoms with E-state index in [1.807, 2.05) is 30.3 Å². The molecule has 2 fully saturated rings. The van der Waals surface area contributed by atoms with E-state index in [4.69, 9.17) is 9.47 Å². The van der Waals surface area contributed by atoms with Crippen LogP contribution in [0.4, 0.5) is 4.79 Å². The number of carbonyl (C=O) groups excluding carboxylic acids is 2. The monoisotopic (exact) mass is 403 g/mol. The quantitative estimate of drug-likeness (QED) is 0.590. The van der Waals surface area contributed by atoms with Gasteiger partial charge in [0.2, 0.25) is 0 Å². The van der Waals surface area contributed by atoms with Crippen LogP contribution >= 0.6 is 0 Å². The zero-order valence-corrected chi connectivity index (χ0v) is 17.8. The summed E-state index contributed by atoms with van der Waals surface area (Å²) in [5.74, 6) is -0.0476. The second-order valence-electron chi connectivity index (χ2n) is 7.99. The van der Waals surface area contributed by atoms with E-state index in [0.29, 0.717) is 51.6 Å². The van der Waals surface area contributed by atoms with Crippen LogP contribution < -0.4 is 0 Å². The molecule has 2 aliphatic heterocycles. The zero-order chi connectivity index (χ0) is 20.9. The normalized spacial score (nSPS) is 20.7. The van der Waals surface area contributed by atoms with Crippen molar-refractivity contribution < 1.29 is 19.1 Å². The minimum absolute atomic E-state index is 0.0476. The molecule has 0 radical (unpaired) electrons. The molecular formula is C22H33N3O4. The van der Waals surface area contributed by atoms with Gasteiger partial charge in [-0.25, -0.2) is 4.79 Å². The maximum Gasteiger partial charge on any atom is 0.327 e. The number of piperidine rings is 1. The number of imide groups is 1. The first-order chi connectivity index (χ1) is 14.0. The first-order valence-electron chi connectivity index (χ1n) is 10.4. The van der Waals surface area contributed by atoms with Gasteiger partial charge in [0.25, 0.3) is 5.91 Å². The number of nitrogens with zero attached hydrogens (tertiary/aromatic N) is 3. The highest BCUT2D eigenvalue weighted by atomic mass is 16.5. The van der Waals surface area contributed by atoms with Crippen LogP contribution in [0.5, 0.6) is 0 Å². The van der Waals surface area contributed by atoms with Crippen LogP contribution in [0.25, 0.3) is 0 Å². The third-order valence-electron chi connectivity index (χ3n) is 6.26. The fourth-order valence-corrected chi connectivity index (χ4v) is 4.52. The minimum atomic E-state index is -0.740. The number of hydrogen-bond acceptors (Lipinski definition) is 5. The number of carbonyl (C=O) groups is 2. The number of hydrogen-bond donors (Lipinski definition) is 0. The summed E-state index contributed by atoms with van der Waals surface area (Å²) in [6, 6.07) is 10.1. The predicted molar refractivity (Wildman–Crippen MR) is 111 cm³/mol. The molecule has 7 nitrogen and oxygen atoms in total. The fourth-order valence-electron chi connectivity index (χ4n) is 4.52. The molecule has 2 saturated heterocycles. The lowest BCUT2D eigenvalue weighted by atomic mass is 9.85. The van der Waals surface area contributed by atoms with Gasteiger partial charge in [0, 0.05) is 46.4 Å². The van der Waals surface area contributed by atoms with Crippen molar-refractivity contribution in [2.45, 2.75) is 37.8 Å². The number of benzene rings is 1. The van der Waals surface area contributed by atoms with Crippen molar-refractivity contribution in [3.8, 4) is 0 Å². The highest BCUT2D eigenvalue weighted by Crippen LogP contribution is 2.37. The summed E-state index contributed by atoms with van der Waals surface area (Å²) < 4.78 is 10.5. The van der Waals surface area contributed by atoms with Crippen LogP contribution in [0.3, 0.4) is 0 Å². The highest BCUT2D eigenvalue weighted by molar-refractivity contribution is 6.07. The molecule has 160 valence electrons. The number of amides is 3. The van der Waals surface area contributed by atoms with Crippen molar-refractivity contribution in [3.63, 3.8) is 0 Å². The molecule has 2 heterocycles. The van der Waals surface area contributed by atoms with Crippen LogP contribution in [0.15, 0.2) is 30.3 Å². The van der Waals surface area contributed by atoms with Gasteiger partial charge < -0.3 is 14.4 Å². The van der Waals surface area contributed by atoms with Crippen molar-refractivity contribution in [1.29, 1.82) is 0 Å². The standard InChI is InChI=1S/C22H33N3O4/c1-18(17-29-3)23-13-10-22(11-14-23)20(26)24(21(27)25(22)15-16-28-2)12-9-19-7-5-4-6-8-19/h4-8,18H,9-17H2,1-3H3/t18-/m0/s1. The van der Waals surface area contributed by atoms with Gasteiger partial charge in [-0.15, -0.1) is 0 Å². The maximum atomic E-state index is 13.5. The summed E-state index contributed by atoms with van der Waals surface area (Å²) in [5, 5.41) is 0. The first-order valence-corrected chi connectivity index (χ1v) is 10.4. The van der Waals surface area contributed by atoms with Crippen molar-refractivity contribution >= 4 is 11.9 Å². The molecule has 0 aromatic heterocycles. The van der Waals surface area contributed by atoms with E-state index in [0.717, 1.165) is 18.7 Å². The van der Waals surface area contributed by atoms with Crippen LogP contribution in [0, 0.1) is 0 Å². The first kappa shape index (κ1) is 21.7. The molecule has 0 N–H and O–H groups in total. The van der Waals surface area contributed by atoms with Crippen molar-refractivity contribution in [2.24, 2.45) is 0 Å². The Morgan fingerprint density at radius 1 is 1.03 bits per heavy atom. The van der Waals surface area contributed by atoms with E-state index >= 15 is 0 Å². The zero-order valence-electron chi connectivity index (χ0n) is 17.8. The third kappa shape index (κ3) is 4.47. The second kappa shape index (κ2) is 9.69. The Morgan fingerprint density at radius 2 is 1.72 bits per heavy atom. The summed E-state index contributed by atoms with van der Waals surface area (Å²) in [6.45, 7) is 5.64. The molecule has 0 unspecified atom stereocenters. The van der Waals surface area contributed by atoms with E-state index in [-0.39, 0.29) is 11.9 Å². The van der Waals surface area contributed by atoms with Crippen molar-refractivity contribution in [1.82, 2.24) is 14.7 Å². The van der Waals surface area contributed by atoms with Gasteiger partial charge in [-0.2, -0.15) is 0 Å². The van der Waals surface area contributed by atoms with E-state index in [2.05, 4.69) is 11.8 Å². The fraction of sp³-hybridized carbons (Fsp3) is 0.636. The van der Waals surface area contributed by atoms with Crippen molar-refractivity contribution in [2.75, 3.05) is 53.6 Å². The molecule has 0 bridgehead atoms. The van der Waals surface area contributed by atoms with Crippen LogP contribution in [0.2, 0.25) is 0 Å². The number of rotatable bonds is 9. The summed E-state index contributed by atoms with van der Waals surface area (Å²) in [7, 11) is 3.33. The molecule has 29 heavy (non-hydrogen) atoms. The molecule has 3 rings (SSSR count). The molecule has 1 atom stereocenters. The number of urea groups is 1. The number of likely N-dealkylation sites (tertiary alicyclic amines) is 1. The Bertz CT molecular complexity index is 689.